The number of nitrogens with two attached hydrogens (primary N) is 1. The second kappa shape index (κ2) is 6.16. The van der Waals surface area contributed by atoms with Gasteiger partial charge in [-0.05, 0) is 31.0 Å². The van der Waals surface area contributed by atoms with Gasteiger partial charge in [-0.1, -0.05) is 28.1 Å². The van der Waals surface area contributed by atoms with Crippen LogP contribution in [-0.4, -0.2) is 15.6 Å². The number of aromatic nitrogens is 2. The summed E-state index contributed by atoms with van der Waals surface area (Å²) >= 11 is 3.48. The summed E-state index contributed by atoms with van der Waals surface area (Å²) in [4.78, 5) is 4.36. The minimum absolute atomic E-state index is 0.104. The van der Waals surface area contributed by atoms with Crippen LogP contribution in [0.1, 0.15) is 18.3 Å². The Hall–Kier alpha value is -1.13. The van der Waals surface area contributed by atoms with Gasteiger partial charge in [-0.25, -0.2) is 4.98 Å². The average molecular weight is 308 g/mol. The highest BCUT2D eigenvalue weighted by atomic mass is 79.9. The molecule has 1 atom stereocenters. The molecule has 2 rings (SSSR count). The van der Waals surface area contributed by atoms with Gasteiger partial charge >= 0.3 is 0 Å². The van der Waals surface area contributed by atoms with Crippen LogP contribution in [0.5, 0.6) is 0 Å². The van der Waals surface area contributed by atoms with Gasteiger partial charge in [0.25, 0.3) is 0 Å². The number of benzene rings is 1. The Kier molecular flexibility index (Phi) is 4.55. The summed E-state index contributed by atoms with van der Waals surface area (Å²) in [5.41, 5.74) is 7.46. The molecule has 0 aliphatic heterocycles. The van der Waals surface area contributed by atoms with Gasteiger partial charge in [-0.2, -0.15) is 0 Å². The average Bonchev–Trinajstić information content (AvgIpc) is 2.76. The van der Waals surface area contributed by atoms with E-state index in [-0.39, 0.29) is 6.04 Å². The number of nitrogens with zero attached hydrogens (tertiary/aromatic N) is 2. The Balaban J connectivity index is 1.98. The Labute approximate surface area is 116 Å². The summed E-state index contributed by atoms with van der Waals surface area (Å²) in [5, 5.41) is 0. The van der Waals surface area contributed by atoms with Gasteiger partial charge in [0, 0.05) is 35.9 Å². The lowest BCUT2D eigenvalue weighted by Gasteiger charge is -2.12. The molecule has 0 radical (unpaired) electrons. The van der Waals surface area contributed by atoms with Crippen LogP contribution < -0.4 is 5.73 Å². The summed E-state index contributed by atoms with van der Waals surface area (Å²) in [5.74, 6) is 1.07. The molecule has 0 saturated carbocycles. The molecular weight excluding hydrogens is 290 g/mol. The maximum absolute atomic E-state index is 6.20. The standard InChI is InChI=1S/C14H18BrN3/c1-2-18-7-6-17-14(18)10-13(16)9-11-4-3-5-12(15)8-11/h3-8,13H,2,9-10,16H2,1H3. The lowest BCUT2D eigenvalue weighted by atomic mass is 10.0. The maximum atomic E-state index is 6.20. The number of rotatable bonds is 5. The number of halogens is 1. The number of hydrogen-bond donors (Lipinski definition) is 1. The molecule has 0 aliphatic carbocycles. The minimum atomic E-state index is 0.104. The molecule has 0 amide bonds. The van der Waals surface area contributed by atoms with Gasteiger partial charge in [-0.15, -0.1) is 0 Å². The van der Waals surface area contributed by atoms with E-state index in [1.807, 2.05) is 24.5 Å². The van der Waals surface area contributed by atoms with Crippen LogP contribution in [0.3, 0.4) is 0 Å². The van der Waals surface area contributed by atoms with Crippen molar-refractivity contribution in [1.29, 1.82) is 0 Å². The molecule has 0 aliphatic rings. The largest absolute Gasteiger partial charge is 0.335 e. The zero-order chi connectivity index (χ0) is 13.0. The van der Waals surface area contributed by atoms with E-state index in [4.69, 9.17) is 5.73 Å². The smallest absolute Gasteiger partial charge is 0.110 e. The third-order valence-corrected chi connectivity index (χ3v) is 3.47. The van der Waals surface area contributed by atoms with Crippen LogP contribution in [0, 0.1) is 0 Å². The van der Waals surface area contributed by atoms with Crippen LogP contribution in [0.2, 0.25) is 0 Å². The molecule has 0 saturated heterocycles. The van der Waals surface area contributed by atoms with Gasteiger partial charge < -0.3 is 10.3 Å². The van der Waals surface area contributed by atoms with Crippen molar-refractivity contribution < 1.29 is 0 Å². The van der Waals surface area contributed by atoms with Crippen molar-refractivity contribution >= 4 is 15.9 Å². The normalized spacial score (nSPS) is 12.6. The predicted octanol–water partition coefficient (Wildman–Crippen LogP) is 2.78. The monoisotopic (exact) mass is 307 g/mol. The lowest BCUT2D eigenvalue weighted by Crippen LogP contribution is -2.27. The van der Waals surface area contributed by atoms with E-state index in [2.05, 4.69) is 44.5 Å². The molecule has 1 heterocycles. The SMILES string of the molecule is CCn1ccnc1CC(N)Cc1cccc(Br)c1. The van der Waals surface area contributed by atoms with E-state index < -0.39 is 0 Å². The highest BCUT2D eigenvalue weighted by Gasteiger charge is 2.09. The summed E-state index contributed by atoms with van der Waals surface area (Å²) in [6.07, 6.45) is 5.52. The van der Waals surface area contributed by atoms with E-state index >= 15 is 0 Å². The Morgan fingerprint density at radius 3 is 2.94 bits per heavy atom. The number of imidazole rings is 1. The zero-order valence-electron chi connectivity index (χ0n) is 10.5. The Morgan fingerprint density at radius 1 is 1.39 bits per heavy atom. The summed E-state index contributed by atoms with van der Waals surface area (Å²) in [6.45, 7) is 3.06. The summed E-state index contributed by atoms with van der Waals surface area (Å²) in [7, 11) is 0. The van der Waals surface area contributed by atoms with Crippen LogP contribution >= 0.6 is 15.9 Å². The second-order valence-corrected chi connectivity index (χ2v) is 5.34. The van der Waals surface area contributed by atoms with Crippen molar-refractivity contribution in [3.05, 3.63) is 52.5 Å². The Bertz CT molecular complexity index is 507. The van der Waals surface area contributed by atoms with Crippen LogP contribution in [0.25, 0.3) is 0 Å². The molecule has 1 aromatic carbocycles. The summed E-state index contributed by atoms with van der Waals surface area (Å²) < 4.78 is 3.24. The van der Waals surface area contributed by atoms with Crippen molar-refractivity contribution in [2.24, 2.45) is 5.73 Å². The first-order valence-electron chi connectivity index (χ1n) is 6.19. The van der Waals surface area contributed by atoms with Crippen LogP contribution in [0.4, 0.5) is 0 Å². The van der Waals surface area contributed by atoms with Gasteiger partial charge in [0.15, 0.2) is 0 Å². The Morgan fingerprint density at radius 2 is 2.22 bits per heavy atom. The van der Waals surface area contributed by atoms with Crippen molar-refractivity contribution in [2.75, 3.05) is 0 Å². The zero-order valence-corrected chi connectivity index (χ0v) is 12.1. The molecule has 18 heavy (non-hydrogen) atoms. The van der Waals surface area contributed by atoms with Crippen molar-refractivity contribution in [3.8, 4) is 0 Å². The summed E-state index contributed by atoms with van der Waals surface area (Å²) in [6, 6.07) is 8.40. The first-order chi connectivity index (χ1) is 8.69. The number of hydrogen-bond acceptors (Lipinski definition) is 2. The van der Waals surface area contributed by atoms with Crippen molar-refractivity contribution in [3.63, 3.8) is 0 Å². The molecule has 0 fully saturated rings. The first-order valence-corrected chi connectivity index (χ1v) is 6.98. The third kappa shape index (κ3) is 3.43. The highest BCUT2D eigenvalue weighted by Crippen LogP contribution is 2.13. The van der Waals surface area contributed by atoms with Crippen molar-refractivity contribution in [1.82, 2.24) is 9.55 Å². The fourth-order valence-electron chi connectivity index (χ4n) is 2.09. The maximum Gasteiger partial charge on any atom is 0.110 e. The van der Waals surface area contributed by atoms with Gasteiger partial charge in [0.1, 0.15) is 5.82 Å². The van der Waals surface area contributed by atoms with E-state index in [1.54, 1.807) is 0 Å². The quantitative estimate of drug-likeness (QED) is 0.923. The minimum Gasteiger partial charge on any atom is -0.335 e. The molecule has 2 aromatic rings. The molecule has 1 unspecified atom stereocenters. The topological polar surface area (TPSA) is 43.8 Å². The van der Waals surface area contributed by atoms with Crippen LogP contribution in [-0.2, 0) is 19.4 Å². The first kappa shape index (κ1) is 13.3. The molecule has 2 N–H and O–H groups in total. The molecule has 1 aromatic heterocycles. The molecular formula is C14H18BrN3. The number of aryl methyl sites for hydroxylation is 1. The molecule has 4 heteroatoms. The van der Waals surface area contributed by atoms with Gasteiger partial charge in [-0.3, -0.25) is 0 Å². The molecule has 96 valence electrons. The van der Waals surface area contributed by atoms with E-state index in [9.17, 15) is 0 Å². The van der Waals surface area contributed by atoms with E-state index in [1.165, 1.54) is 5.56 Å². The second-order valence-electron chi connectivity index (χ2n) is 4.43. The van der Waals surface area contributed by atoms with E-state index in [0.717, 1.165) is 29.7 Å². The fourth-order valence-corrected chi connectivity index (χ4v) is 2.54. The molecule has 0 bridgehead atoms. The molecule has 3 nitrogen and oxygen atoms in total. The van der Waals surface area contributed by atoms with Crippen molar-refractivity contribution in [2.45, 2.75) is 32.4 Å². The highest BCUT2D eigenvalue weighted by molar-refractivity contribution is 9.10. The fraction of sp³-hybridized carbons (Fsp3) is 0.357. The van der Waals surface area contributed by atoms with Gasteiger partial charge in [0.2, 0.25) is 0 Å². The predicted molar refractivity (Wildman–Crippen MR) is 77.4 cm³/mol. The lowest BCUT2D eigenvalue weighted by molar-refractivity contribution is 0.602. The van der Waals surface area contributed by atoms with E-state index in [0.29, 0.717) is 0 Å². The third-order valence-electron chi connectivity index (χ3n) is 2.97. The van der Waals surface area contributed by atoms with Gasteiger partial charge in [0.05, 0.1) is 0 Å². The van der Waals surface area contributed by atoms with Crippen LogP contribution in [0.15, 0.2) is 41.1 Å². The molecule has 0 spiro atoms.